The van der Waals surface area contributed by atoms with E-state index in [0.717, 1.165) is 24.2 Å². The first-order chi connectivity index (χ1) is 6.81. The third-order valence-corrected chi connectivity index (χ3v) is 2.23. The van der Waals surface area contributed by atoms with E-state index in [0.29, 0.717) is 6.61 Å². The van der Waals surface area contributed by atoms with Crippen molar-refractivity contribution in [3.63, 3.8) is 0 Å². The lowest BCUT2D eigenvalue weighted by Gasteiger charge is -2.14. The number of carbonyl (C=O) groups excluding carboxylic acids is 1. The van der Waals surface area contributed by atoms with Crippen molar-refractivity contribution in [3.8, 4) is 0 Å². The van der Waals surface area contributed by atoms with Crippen LogP contribution in [0.1, 0.15) is 19.0 Å². The molecule has 0 amide bonds. The van der Waals surface area contributed by atoms with Gasteiger partial charge in [0.05, 0.1) is 24.8 Å². The van der Waals surface area contributed by atoms with Crippen molar-refractivity contribution in [1.82, 2.24) is 9.55 Å². The SMILES string of the molecule is CCOC(=O)C1=Cc2cncn2CC1. The zero-order valence-corrected chi connectivity index (χ0v) is 8.06. The number of fused-ring (bicyclic) bond motifs is 1. The van der Waals surface area contributed by atoms with E-state index >= 15 is 0 Å². The molecular formula is C10H12N2O2. The first-order valence-electron chi connectivity index (χ1n) is 4.69. The average Bonchev–Trinajstić information content (AvgIpc) is 2.64. The molecule has 1 aromatic heterocycles. The van der Waals surface area contributed by atoms with Crippen LogP contribution in [0.4, 0.5) is 0 Å². The van der Waals surface area contributed by atoms with Crippen molar-refractivity contribution in [2.75, 3.05) is 6.61 Å². The lowest BCUT2D eigenvalue weighted by Crippen LogP contribution is -2.14. The van der Waals surface area contributed by atoms with Crippen LogP contribution in [0.5, 0.6) is 0 Å². The van der Waals surface area contributed by atoms with Crippen LogP contribution in [0.3, 0.4) is 0 Å². The molecule has 0 aromatic carbocycles. The fourth-order valence-electron chi connectivity index (χ4n) is 1.51. The van der Waals surface area contributed by atoms with Gasteiger partial charge in [0.2, 0.25) is 0 Å². The molecule has 2 heterocycles. The minimum absolute atomic E-state index is 0.208. The monoisotopic (exact) mass is 192 g/mol. The summed E-state index contributed by atoms with van der Waals surface area (Å²) in [5.41, 5.74) is 1.71. The Morgan fingerprint density at radius 3 is 3.36 bits per heavy atom. The average molecular weight is 192 g/mol. The highest BCUT2D eigenvalue weighted by molar-refractivity contribution is 5.93. The Balaban J connectivity index is 2.20. The Morgan fingerprint density at radius 1 is 1.71 bits per heavy atom. The largest absolute Gasteiger partial charge is 0.463 e. The van der Waals surface area contributed by atoms with Gasteiger partial charge in [-0.3, -0.25) is 0 Å². The van der Waals surface area contributed by atoms with Gasteiger partial charge in [-0.05, 0) is 19.4 Å². The van der Waals surface area contributed by atoms with Crippen molar-refractivity contribution in [2.45, 2.75) is 19.9 Å². The second-order valence-electron chi connectivity index (χ2n) is 3.15. The number of hydrogen-bond acceptors (Lipinski definition) is 3. The molecule has 4 nitrogen and oxygen atoms in total. The molecule has 4 heteroatoms. The van der Waals surface area contributed by atoms with Crippen LogP contribution in [0.2, 0.25) is 0 Å². The molecule has 14 heavy (non-hydrogen) atoms. The quantitative estimate of drug-likeness (QED) is 0.662. The summed E-state index contributed by atoms with van der Waals surface area (Å²) in [6, 6.07) is 0. The minimum atomic E-state index is -0.208. The molecule has 1 aromatic rings. The van der Waals surface area contributed by atoms with Gasteiger partial charge in [-0.15, -0.1) is 0 Å². The summed E-state index contributed by atoms with van der Waals surface area (Å²) in [6.07, 6.45) is 6.09. The van der Waals surface area contributed by atoms with Crippen LogP contribution in [-0.2, 0) is 16.1 Å². The van der Waals surface area contributed by atoms with Gasteiger partial charge in [0.15, 0.2) is 0 Å². The van der Waals surface area contributed by atoms with Crippen molar-refractivity contribution in [1.29, 1.82) is 0 Å². The van der Waals surface area contributed by atoms with Gasteiger partial charge in [0.1, 0.15) is 0 Å². The summed E-state index contributed by atoms with van der Waals surface area (Å²) in [7, 11) is 0. The van der Waals surface area contributed by atoms with Gasteiger partial charge < -0.3 is 9.30 Å². The normalized spacial score (nSPS) is 14.5. The smallest absolute Gasteiger partial charge is 0.334 e. The Bertz CT molecular complexity index is 379. The number of imidazole rings is 1. The van der Waals surface area contributed by atoms with Crippen molar-refractivity contribution in [2.24, 2.45) is 0 Å². The van der Waals surface area contributed by atoms with E-state index < -0.39 is 0 Å². The second kappa shape index (κ2) is 3.65. The lowest BCUT2D eigenvalue weighted by molar-refractivity contribution is -0.138. The fraction of sp³-hybridized carbons (Fsp3) is 0.400. The second-order valence-corrected chi connectivity index (χ2v) is 3.15. The topological polar surface area (TPSA) is 44.1 Å². The number of aryl methyl sites for hydroxylation is 1. The number of hydrogen-bond donors (Lipinski definition) is 0. The number of aromatic nitrogens is 2. The minimum Gasteiger partial charge on any atom is -0.463 e. The Hall–Kier alpha value is -1.58. The molecule has 2 rings (SSSR count). The molecule has 74 valence electrons. The Morgan fingerprint density at radius 2 is 2.57 bits per heavy atom. The van der Waals surface area contributed by atoms with E-state index in [1.54, 1.807) is 12.5 Å². The van der Waals surface area contributed by atoms with E-state index in [-0.39, 0.29) is 5.97 Å². The van der Waals surface area contributed by atoms with E-state index in [2.05, 4.69) is 4.98 Å². The molecule has 1 aliphatic heterocycles. The first kappa shape index (κ1) is 8.99. The highest BCUT2D eigenvalue weighted by atomic mass is 16.5. The highest BCUT2D eigenvalue weighted by Gasteiger charge is 2.16. The summed E-state index contributed by atoms with van der Waals surface area (Å²) in [5.74, 6) is -0.208. The van der Waals surface area contributed by atoms with Gasteiger partial charge in [-0.1, -0.05) is 0 Å². The van der Waals surface area contributed by atoms with Crippen LogP contribution in [0.25, 0.3) is 6.08 Å². The molecule has 0 N–H and O–H groups in total. The van der Waals surface area contributed by atoms with Gasteiger partial charge in [-0.25, -0.2) is 9.78 Å². The molecule has 1 aliphatic rings. The standard InChI is InChI=1S/C10H12N2O2/c1-2-14-10(13)8-3-4-12-7-11-6-9(12)5-8/h5-7H,2-4H2,1H3. The summed E-state index contributed by atoms with van der Waals surface area (Å²) >= 11 is 0. The summed E-state index contributed by atoms with van der Waals surface area (Å²) < 4.78 is 6.95. The predicted molar refractivity (Wildman–Crippen MR) is 51.5 cm³/mol. The summed E-state index contributed by atoms with van der Waals surface area (Å²) in [4.78, 5) is 15.4. The highest BCUT2D eigenvalue weighted by Crippen LogP contribution is 2.18. The molecule has 0 aliphatic carbocycles. The maximum Gasteiger partial charge on any atom is 0.334 e. The molecule has 0 bridgehead atoms. The third-order valence-electron chi connectivity index (χ3n) is 2.23. The summed E-state index contributed by atoms with van der Waals surface area (Å²) in [6.45, 7) is 3.04. The number of rotatable bonds is 2. The molecule has 0 saturated carbocycles. The van der Waals surface area contributed by atoms with Crippen LogP contribution in [-0.4, -0.2) is 22.1 Å². The van der Waals surface area contributed by atoms with E-state index in [9.17, 15) is 4.79 Å². The van der Waals surface area contributed by atoms with Crippen LogP contribution >= 0.6 is 0 Å². The van der Waals surface area contributed by atoms with Gasteiger partial charge >= 0.3 is 5.97 Å². The molecule has 0 unspecified atom stereocenters. The number of carbonyl (C=O) groups is 1. The fourth-order valence-corrected chi connectivity index (χ4v) is 1.51. The van der Waals surface area contributed by atoms with Gasteiger partial charge in [-0.2, -0.15) is 0 Å². The Kier molecular flexibility index (Phi) is 2.35. The van der Waals surface area contributed by atoms with Crippen LogP contribution < -0.4 is 0 Å². The number of ether oxygens (including phenoxy) is 1. The van der Waals surface area contributed by atoms with Crippen molar-refractivity contribution in [3.05, 3.63) is 23.8 Å². The molecule has 0 spiro atoms. The third kappa shape index (κ3) is 1.55. The van der Waals surface area contributed by atoms with Crippen LogP contribution in [0, 0.1) is 0 Å². The molecule has 0 saturated heterocycles. The molecule has 0 atom stereocenters. The summed E-state index contributed by atoms with van der Waals surface area (Å²) in [5, 5.41) is 0. The van der Waals surface area contributed by atoms with E-state index in [1.807, 2.05) is 17.6 Å². The van der Waals surface area contributed by atoms with Gasteiger partial charge in [0.25, 0.3) is 0 Å². The first-order valence-corrected chi connectivity index (χ1v) is 4.69. The van der Waals surface area contributed by atoms with Crippen molar-refractivity contribution < 1.29 is 9.53 Å². The van der Waals surface area contributed by atoms with Crippen LogP contribution in [0.15, 0.2) is 18.1 Å². The number of nitrogens with zero attached hydrogens (tertiary/aromatic N) is 2. The maximum absolute atomic E-state index is 11.4. The van der Waals surface area contributed by atoms with E-state index in [4.69, 9.17) is 4.74 Å². The number of esters is 1. The van der Waals surface area contributed by atoms with Crippen molar-refractivity contribution >= 4 is 12.0 Å². The van der Waals surface area contributed by atoms with Gasteiger partial charge in [0, 0.05) is 12.1 Å². The zero-order chi connectivity index (χ0) is 9.97. The predicted octanol–water partition coefficient (Wildman–Crippen LogP) is 1.23. The zero-order valence-electron chi connectivity index (χ0n) is 8.06. The molecule has 0 radical (unpaired) electrons. The maximum atomic E-state index is 11.4. The Labute approximate surface area is 82.2 Å². The molecular weight excluding hydrogens is 180 g/mol. The van der Waals surface area contributed by atoms with E-state index in [1.165, 1.54) is 0 Å². The molecule has 0 fully saturated rings. The lowest BCUT2D eigenvalue weighted by atomic mass is 10.1.